The molecule has 1 aliphatic heterocycles. The van der Waals surface area contributed by atoms with Crippen molar-refractivity contribution >= 4 is 22.5 Å². The second-order valence-electron chi connectivity index (χ2n) is 9.33. The van der Waals surface area contributed by atoms with Gasteiger partial charge in [-0.1, -0.05) is 43.4 Å². The van der Waals surface area contributed by atoms with E-state index in [1.54, 1.807) is 36.4 Å². The molecule has 0 atom stereocenters. The number of fused-ring (bicyclic) bond motifs is 1. The quantitative estimate of drug-likeness (QED) is 0.146. The standard InChI is InChI=1S/C29H33N3O4.C3H6/c1-4-5-10-25(21(2)35-3)29(34)16-19-32(20-17-29)28(33)23-12-14-24(15-13-23)31-36-26-11-6-8-22-9-7-18-30-27(22)26;1-3-2/h5-15,18,31,34H,4,16-17,19-20H2,1-3H3;3H,1H2,2H3/b10-5-,25-21-;. The molecule has 2 heterocycles. The van der Waals surface area contributed by atoms with E-state index in [0.717, 1.165) is 28.6 Å². The molecular weight excluding hydrogens is 490 g/mol. The summed E-state index contributed by atoms with van der Waals surface area (Å²) in [5.41, 5.74) is 4.80. The van der Waals surface area contributed by atoms with Gasteiger partial charge in [-0.3, -0.25) is 9.78 Å². The first-order valence-electron chi connectivity index (χ1n) is 13.2. The highest BCUT2D eigenvalue weighted by Crippen LogP contribution is 2.33. The van der Waals surface area contributed by atoms with E-state index < -0.39 is 5.60 Å². The Labute approximate surface area is 231 Å². The third kappa shape index (κ3) is 7.48. The molecule has 1 aromatic heterocycles. The molecule has 2 aromatic carbocycles. The van der Waals surface area contributed by atoms with Gasteiger partial charge in [0.15, 0.2) is 5.75 Å². The number of carbonyl (C=O) groups is 1. The maximum Gasteiger partial charge on any atom is 0.253 e. The van der Waals surface area contributed by atoms with Crippen molar-refractivity contribution < 1.29 is 19.5 Å². The summed E-state index contributed by atoms with van der Waals surface area (Å²) in [4.78, 5) is 25.1. The normalized spacial score (nSPS) is 15.2. The predicted octanol–water partition coefficient (Wildman–Crippen LogP) is 6.69. The van der Waals surface area contributed by atoms with Crippen LogP contribution < -0.4 is 10.3 Å². The largest absolute Gasteiger partial charge is 0.501 e. The van der Waals surface area contributed by atoms with Gasteiger partial charge >= 0.3 is 0 Å². The number of ether oxygens (including phenoxy) is 1. The summed E-state index contributed by atoms with van der Waals surface area (Å²) < 4.78 is 5.42. The molecule has 3 aromatic rings. The number of methoxy groups -OCH3 is 1. The minimum absolute atomic E-state index is 0.0548. The molecule has 1 fully saturated rings. The molecule has 7 heteroatoms. The fourth-order valence-corrected chi connectivity index (χ4v) is 4.43. The summed E-state index contributed by atoms with van der Waals surface area (Å²) in [5.74, 6) is 1.27. The molecule has 0 spiro atoms. The van der Waals surface area contributed by atoms with Crippen LogP contribution in [0.2, 0.25) is 0 Å². The fraction of sp³-hybridized carbons (Fsp3) is 0.312. The average molecular weight is 530 g/mol. The molecule has 206 valence electrons. The number of aliphatic hydroxyl groups is 1. The van der Waals surface area contributed by atoms with Crippen LogP contribution in [-0.4, -0.2) is 46.7 Å². The highest BCUT2D eigenvalue weighted by molar-refractivity contribution is 5.94. The average Bonchev–Trinajstić information content (AvgIpc) is 2.96. The Bertz CT molecular complexity index is 1300. The van der Waals surface area contributed by atoms with Gasteiger partial charge in [0.1, 0.15) is 5.52 Å². The number of likely N-dealkylation sites (tertiary alicyclic amines) is 1. The molecule has 4 rings (SSSR count). The number of piperidine rings is 1. The third-order valence-electron chi connectivity index (χ3n) is 6.59. The Hall–Kier alpha value is -4.10. The second kappa shape index (κ2) is 14.2. The minimum Gasteiger partial charge on any atom is -0.501 e. The van der Waals surface area contributed by atoms with E-state index in [1.165, 1.54) is 0 Å². The first-order valence-corrected chi connectivity index (χ1v) is 13.2. The van der Waals surface area contributed by atoms with Gasteiger partial charge in [0.25, 0.3) is 5.91 Å². The number of anilines is 1. The molecule has 1 amide bonds. The molecule has 0 unspecified atom stereocenters. The van der Waals surface area contributed by atoms with Gasteiger partial charge in [-0.15, -0.1) is 6.58 Å². The summed E-state index contributed by atoms with van der Waals surface area (Å²) >= 11 is 0. The van der Waals surface area contributed by atoms with Gasteiger partial charge in [-0.25, -0.2) is 5.48 Å². The number of hydrogen-bond acceptors (Lipinski definition) is 6. The van der Waals surface area contributed by atoms with E-state index in [2.05, 4.69) is 24.0 Å². The van der Waals surface area contributed by atoms with Crippen molar-refractivity contribution in [3.63, 3.8) is 0 Å². The number of aromatic nitrogens is 1. The van der Waals surface area contributed by atoms with Crippen LogP contribution in [0, 0.1) is 0 Å². The van der Waals surface area contributed by atoms with Crippen LogP contribution in [0.1, 0.15) is 50.4 Å². The van der Waals surface area contributed by atoms with E-state index in [0.29, 0.717) is 43.0 Å². The number of amides is 1. The highest BCUT2D eigenvalue weighted by Gasteiger charge is 2.37. The Kier molecular flexibility index (Phi) is 10.7. The number of para-hydroxylation sites is 1. The molecule has 0 bridgehead atoms. The van der Waals surface area contributed by atoms with E-state index in [-0.39, 0.29) is 5.91 Å². The monoisotopic (exact) mass is 529 g/mol. The Balaban J connectivity index is 0.00000134. The van der Waals surface area contributed by atoms with Crippen LogP contribution in [0.4, 0.5) is 5.69 Å². The Morgan fingerprint density at radius 2 is 1.82 bits per heavy atom. The molecule has 0 radical (unpaired) electrons. The van der Waals surface area contributed by atoms with Crippen LogP contribution in [-0.2, 0) is 4.74 Å². The smallest absolute Gasteiger partial charge is 0.253 e. The molecule has 0 aliphatic carbocycles. The van der Waals surface area contributed by atoms with Crippen molar-refractivity contribution in [3.05, 3.63) is 102 Å². The minimum atomic E-state index is -1.01. The topological polar surface area (TPSA) is 83.9 Å². The fourth-order valence-electron chi connectivity index (χ4n) is 4.43. The van der Waals surface area contributed by atoms with Gasteiger partial charge < -0.3 is 19.6 Å². The van der Waals surface area contributed by atoms with E-state index in [1.807, 2.05) is 68.5 Å². The summed E-state index contributed by atoms with van der Waals surface area (Å²) in [6, 6.07) is 16.8. The zero-order valence-electron chi connectivity index (χ0n) is 23.3. The van der Waals surface area contributed by atoms with E-state index >= 15 is 0 Å². The van der Waals surface area contributed by atoms with Crippen LogP contribution in [0.5, 0.6) is 5.75 Å². The number of nitrogens with one attached hydrogen (secondary N) is 1. The molecule has 1 saturated heterocycles. The van der Waals surface area contributed by atoms with Crippen molar-refractivity contribution in [1.29, 1.82) is 0 Å². The lowest BCUT2D eigenvalue weighted by Crippen LogP contribution is -2.47. The Morgan fingerprint density at radius 3 is 2.46 bits per heavy atom. The van der Waals surface area contributed by atoms with Gasteiger partial charge in [0.05, 0.1) is 24.2 Å². The predicted molar refractivity (Wildman–Crippen MR) is 158 cm³/mol. The first-order chi connectivity index (χ1) is 18.9. The van der Waals surface area contributed by atoms with Crippen molar-refractivity contribution in [1.82, 2.24) is 9.88 Å². The molecule has 1 aliphatic rings. The third-order valence-corrected chi connectivity index (χ3v) is 6.59. The highest BCUT2D eigenvalue weighted by atomic mass is 16.6. The summed E-state index contributed by atoms with van der Waals surface area (Å²) in [5, 5.41) is 12.3. The van der Waals surface area contributed by atoms with Crippen molar-refractivity contribution in [2.75, 3.05) is 25.7 Å². The molecule has 7 nitrogen and oxygen atoms in total. The summed E-state index contributed by atoms with van der Waals surface area (Å²) in [7, 11) is 1.61. The van der Waals surface area contributed by atoms with E-state index in [4.69, 9.17) is 9.57 Å². The number of benzene rings is 2. The lowest BCUT2D eigenvalue weighted by molar-refractivity contribution is 0.0100. The molecular formula is C32H39N3O4. The number of allylic oxidation sites excluding steroid dienone is 3. The number of nitrogens with zero attached hydrogens (tertiary/aromatic N) is 2. The van der Waals surface area contributed by atoms with Gasteiger partial charge in [-0.05, 0) is 69.5 Å². The lowest BCUT2D eigenvalue weighted by atomic mass is 9.82. The van der Waals surface area contributed by atoms with Crippen LogP contribution >= 0.6 is 0 Å². The maximum absolute atomic E-state index is 13.1. The summed E-state index contributed by atoms with van der Waals surface area (Å²) in [6.45, 7) is 10.1. The first kappa shape index (κ1) is 29.5. The van der Waals surface area contributed by atoms with Crippen LogP contribution in [0.25, 0.3) is 10.9 Å². The number of rotatable bonds is 8. The van der Waals surface area contributed by atoms with Gasteiger partial charge in [-0.2, -0.15) is 0 Å². The number of carbonyl (C=O) groups excluding carboxylic acids is 1. The SMILES string of the molecule is C=CC.CC/C=C\C(=C(/C)OC)C1(O)CCN(C(=O)c2ccc(NOc3cccc4cccnc34)cc2)CC1. The lowest BCUT2D eigenvalue weighted by Gasteiger charge is -2.39. The van der Waals surface area contributed by atoms with Crippen molar-refractivity contribution in [3.8, 4) is 5.75 Å². The second-order valence-corrected chi connectivity index (χ2v) is 9.33. The maximum atomic E-state index is 13.1. The van der Waals surface area contributed by atoms with E-state index in [9.17, 15) is 9.90 Å². The number of pyridine rings is 1. The zero-order valence-corrected chi connectivity index (χ0v) is 23.3. The van der Waals surface area contributed by atoms with Gasteiger partial charge in [0.2, 0.25) is 0 Å². The summed E-state index contributed by atoms with van der Waals surface area (Å²) in [6.07, 6.45) is 9.22. The van der Waals surface area contributed by atoms with Crippen LogP contribution in [0.15, 0.2) is 96.9 Å². The van der Waals surface area contributed by atoms with Crippen LogP contribution in [0.3, 0.4) is 0 Å². The zero-order chi connectivity index (χ0) is 28.3. The van der Waals surface area contributed by atoms with Crippen molar-refractivity contribution in [2.24, 2.45) is 0 Å². The molecule has 0 saturated carbocycles. The molecule has 39 heavy (non-hydrogen) atoms. The number of hydrogen-bond donors (Lipinski definition) is 2. The Morgan fingerprint density at radius 1 is 1.15 bits per heavy atom. The van der Waals surface area contributed by atoms with Crippen molar-refractivity contribution in [2.45, 2.75) is 45.6 Å². The van der Waals surface area contributed by atoms with Gasteiger partial charge in [0, 0.05) is 35.8 Å². The molecule has 2 N–H and O–H groups in total.